The fourth-order valence-corrected chi connectivity index (χ4v) is 1.36. The Morgan fingerprint density at radius 1 is 1.64 bits per heavy atom. The molecule has 1 heteroatoms. The molecule has 0 atom stereocenters. The van der Waals surface area contributed by atoms with Gasteiger partial charge >= 0.3 is 0 Å². The molecule has 0 fully saturated rings. The van der Waals surface area contributed by atoms with Crippen molar-refractivity contribution >= 4 is 0 Å². The van der Waals surface area contributed by atoms with Gasteiger partial charge in [0.25, 0.3) is 0 Å². The van der Waals surface area contributed by atoms with Crippen LogP contribution in [0.5, 0.6) is 0 Å². The average molecular weight is 150 g/mol. The zero-order valence-corrected chi connectivity index (χ0v) is 6.71. The molecule has 60 valence electrons. The minimum Gasteiger partial charge on any atom is -0.396 e. The largest absolute Gasteiger partial charge is 0.396 e. The second-order valence-electron chi connectivity index (χ2n) is 2.70. The third-order valence-electron chi connectivity index (χ3n) is 1.92. The van der Waals surface area contributed by atoms with Gasteiger partial charge in [-0.1, -0.05) is 23.8 Å². The highest BCUT2D eigenvalue weighted by molar-refractivity contribution is 5.35. The van der Waals surface area contributed by atoms with Crippen LogP contribution in [0, 0.1) is 0 Å². The first-order chi connectivity index (χ1) is 5.38. The monoisotopic (exact) mass is 150 g/mol. The Labute approximate surface area is 67.7 Å². The van der Waals surface area contributed by atoms with Gasteiger partial charge in [-0.05, 0) is 24.8 Å². The summed E-state index contributed by atoms with van der Waals surface area (Å²) in [6.45, 7) is 3.95. The van der Waals surface area contributed by atoms with E-state index in [1.807, 2.05) is 6.08 Å². The summed E-state index contributed by atoms with van der Waals surface area (Å²) in [4.78, 5) is 0. The van der Waals surface area contributed by atoms with Crippen LogP contribution in [0.1, 0.15) is 19.3 Å². The molecule has 0 bridgehead atoms. The number of hydrogen-bond acceptors (Lipinski definition) is 1. The lowest BCUT2D eigenvalue weighted by Gasteiger charge is -2.01. The lowest BCUT2D eigenvalue weighted by atomic mass is 10.1. The van der Waals surface area contributed by atoms with Crippen molar-refractivity contribution in [2.45, 2.75) is 19.3 Å². The number of allylic oxidation sites excluding steroid dienone is 4. The summed E-state index contributed by atoms with van der Waals surface area (Å²) in [7, 11) is 0. The first-order valence-corrected chi connectivity index (χ1v) is 3.97. The third-order valence-corrected chi connectivity index (χ3v) is 1.92. The highest BCUT2D eigenvalue weighted by atomic mass is 16.2. The smallest absolute Gasteiger partial charge is 0.0468 e. The molecule has 1 N–H and O–H groups in total. The summed E-state index contributed by atoms with van der Waals surface area (Å²) < 4.78 is 0. The first-order valence-electron chi connectivity index (χ1n) is 3.97. The van der Waals surface area contributed by atoms with Gasteiger partial charge in [-0.25, -0.2) is 0 Å². The third kappa shape index (κ3) is 2.05. The molecule has 1 aliphatic carbocycles. The zero-order valence-electron chi connectivity index (χ0n) is 6.71. The van der Waals surface area contributed by atoms with Crippen LogP contribution in [0.15, 0.2) is 36.0 Å². The number of hydrogen-bond donors (Lipinski definition) is 1. The molecule has 1 rings (SSSR count). The Morgan fingerprint density at radius 3 is 3.09 bits per heavy atom. The lowest BCUT2D eigenvalue weighted by molar-refractivity contribution is 0.298. The Kier molecular flexibility index (Phi) is 3.12. The fraction of sp³-hybridized carbons (Fsp3) is 0.400. The number of rotatable bonds is 4. The van der Waals surface area contributed by atoms with Gasteiger partial charge in [0.05, 0.1) is 0 Å². The highest BCUT2D eigenvalue weighted by Crippen LogP contribution is 2.24. The minimum absolute atomic E-state index is 0.262. The predicted molar refractivity (Wildman–Crippen MR) is 47.3 cm³/mol. The van der Waals surface area contributed by atoms with Crippen LogP contribution in [-0.4, -0.2) is 11.7 Å². The van der Waals surface area contributed by atoms with Crippen molar-refractivity contribution in [1.82, 2.24) is 0 Å². The quantitative estimate of drug-likeness (QED) is 0.609. The maximum absolute atomic E-state index is 8.72. The Hall–Kier alpha value is -0.820. The van der Waals surface area contributed by atoms with Gasteiger partial charge in [0.1, 0.15) is 0 Å². The maximum atomic E-state index is 8.72. The summed E-state index contributed by atoms with van der Waals surface area (Å²) in [5.74, 6) is 0. The van der Waals surface area contributed by atoms with E-state index in [1.165, 1.54) is 11.1 Å². The molecule has 0 aliphatic heterocycles. The molecule has 1 nitrogen and oxygen atoms in total. The molecule has 1 aliphatic rings. The van der Waals surface area contributed by atoms with E-state index in [9.17, 15) is 0 Å². The molecule has 0 aromatic carbocycles. The number of aliphatic hydroxyl groups excluding tert-OH is 1. The van der Waals surface area contributed by atoms with Gasteiger partial charge in [-0.15, -0.1) is 6.58 Å². The molecule has 0 unspecified atom stereocenters. The first kappa shape index (κ1) is 8.28. The van der Waals surface area contributed by atoms with E-state index in [-0.39, 0.29) is 6.61 Å². The van der Waals surface area contributed by atoms with Crippen molar-refractivity contribution < 1.29 is 5.11 Å². The Balaban J connectivity index is 2.58. The van der Waals surface area contributed by atoms with E-state index in [0.29, 0.717) is 0 Å². The van der Waals surface area contributed by atoms with Crippen LogP contribution in [0.25, 0.3) is 0 Å². The number of aliphatic hydroxyl groups is 1. The SMILES string of the molecule is C=CCC1=C(CCO)CC=C1. The van der Waals surface area contributed by atoms with Crippen LogP contribution in [0.2, 0.25) is 0 Å². The lowest BCUT2D eigenvalue weighted by Crippen LogP contribution is -1.88. The van der Waals surface area contributed by atoms with Crippen LogP contribution in [-0.2, 0) is 0 Å². The molecular formula is C10H14O. The molecule has 0 saturated carbocycles. The van der Waals surface area contributed by atoms with Crippen molar-refractivity contribution in [3.05, 3.63) is 36.0 Å². The van der Waals surface area contributed by atoms with E-state index in [0.717, 1.165) is 19.3 Å². The summed E-state index contributed by atoms with van der Waals surface area (Å²) in [5.41, 5.74) is 2.71. The minimum atomic E-state index is 0.262. The molecule has 0 radical (unpaired) electrons. The van der Waals surface area contributed by atoms with Gasteiger partial charge in [0, 0.05) is 6.61 Å². The topological polar surface area (TPSA) is 20.2 Å². The van der Waals surface area contributed by atoms with Gasteiger partial charge in [0.15, 0.2) is 0 Å². The maximum Gasteiger partial charge on any atom is 0.0468 e. The van der Waals surface area contributed by atoms with E-state index < -0.39 is 0 Å². The van der Waals surface area contributed by atoms with E-state index >= 15 is 0 Å². The van der Waals surface area contributed by atoms with Gasteiger partial charge in [-0.2, -0.15) is 0 Å². The second-order valence-corrected chi connectivity index (χ2v) is 2.70. The van der Waals surface area contributed by atoms with E-state index in [4.69, 9.17) is 5.11 Å². The summed E-state index contributed by atoms with van der Waals surface area (Å²) in [5, 5.41) is 8.72. The molecule has 0 spiro atoms. The summed E-state index contributed by atoms with van der Waals surface area (Å²) in [6, 6.07) is 0. The van der Waals surface area contributed by atoms with Gasteiger partial charge in [-0.3, -0.25) is 0 Å². The van der Waals surface area contributed by atoms with Crippen molar-refractivity contribution in [2.75, 3.05) is 6.61 Å². The highest BCUT2D eigenvalue weighted by Gasteiger charge is 2.06. The zero-order chi connectivity index (χ0) is 8.10. The molecule has 0 saturated heterocycles. The molecule has 0 amide bonds. The Morgan fingerprint density at radius 2 is 2.45 bits per heavy atom. The average Bonchev–Trinajstić information content (AvgIpc) is 2.39. The molecule has 0 heterocycles. The molecule has 0 aromatic heterocycles. The molecule has 0 aromatic rings. The van der Waals surface area contributed by atoms with Crippen LogP contribution >= 0.6 is 0 Å². The van der Waals surface area contributed by atoms with Crippen molar-refractivity contribution in [3.63, 3.8) is 0 Å². The Bertz CT molecular complexity index is 199. The van der Waals surface area contributed by atoms with Crippen LogP contribution in [0.4, 0.5) is 0 Å². The molecule has 11 heavy (non-hydrogen) atoms. The summed E-state index contributed by atoms with van der Waals surface area (Å²) >= 11 is 0. The summed E-state index contributed by atoms with van der Waals surface area (Å²) in [6.07, 6.45) is 8.95. The van der Waals surface area contributed by atoms with Crippen molar-refractivity contribution in [1.29, 1.82) is 0 Å². The second kappa shape index (κ2) is 4.14. The van der Waals surface area contributed by atoms with Crippen molar-refractivity contribution in [2.24, 2.45) is 0 Å². The fourth-order valence-electron chi connectivity index (χ4n) is 1.36. The standard InChI is InChI=1S/C10H14O/c1-2-4-9-5-3-6-10(9)7-8-11/h2-3,5,11H,1,4,6-8H2. The van der Waals surface area contributed by atoms with Crippen LogP contribution in [0.3, 0.4) is 0 Å². The van der Waals surface area contributed by atoms with E-state index in [1.54, 1.807) is 0 Å². The van der Waals surface area contributed by atoms with Crippen molar-refractivity contribution in [3.8, 4) is 0 Å². The molecular weight excluding hydrogens is 136 g/mol. The van der Waals surface area contributed by atoms with Gasteiger partial charge < -0.3 is 5.11 Å². The van der Waals surface area contributed by atoms with Crippen LogP contribution < -0.4 is 0 Å². The van der Waals surface area contributed by atoms with E-state index in [2.05, 4.69) is 18.7 Å². The normalized spacial score (nSPS) is 16.1. The predicted octanol–water partition coefficient (Wildman–Crippen LogP) is 2.20. The van der Waals surface area contributed by atoms with Gasteiger partial charge in [0.2, 0.25) is 0 Å².